The molecule has 0 unspecified atom stereocenters. The van der Waals surface area contributed by atoms with E-state index in [1.165, 1.54) is 6.33 Å². The Labute approximate surface area is 164 Å². The number of halogens is 2. The zero-order chi connectivity index (χ0) is 17.9. The Kier molecular flexibility index (Phi) is 4.84. The van der Waals surface area contributed by atoms with E-state index in [2.05, 4.69) is 25.9 Å². The van der Waals surface area contributed by atoms with Gasteiger partial charge in [-0.3, -0.25) is 5.43 Å². The lowest BCUT2D eigenvalue weighted by Crippen LogP contribution is -1.95. The smallest absolute Gasteiger partial charge is 0.159 e. The van der Waals surface area contributed by atoms with E-state index in [4.69, 9.17) is 23.2 Å². The second-order valence-electron chi connectivity index (χ2n) is 5.45. The second kappa shape index (κ2) is 7.41. The van der Waals surface area contributed by atoms with Crippen LogP contribution in [0.4, 0.5) is 5.82 Å². The highest BCUT2D eigenvalue weighted by Gasteiger charge is 2.12. The summed E-state index contributed by atoms with van der Waals surface area (Å²) >= 11 is 13.7. The summed E-state index contributed by atoms with van der Waals surface area (Å²) in [6.07, 6.45) is 3.20. The number of thiophene rings is 1. The van der Waals surface area contributed by atoms with Crippen molar-refractivity contribution in [3.8, 4) is 11.1 Å². The van der Waals surface area contributed by atoms with Gasteiger partial charge in [0.05, 0.1) is 11.6 Å². The Morgan fingerprint density at radius 3 is 2.62 bits per heavy atom. The first-order valence-electron chi connectivity index (χ1n) is 7.74. The number of aromatic nitrogens is 2. The number of hydrogen-bond donors (Lipinski definition) is 1. The Morgan fingerprint density at radius 1 is 1.00 bits per heavy atom. The normalized spacial score (nSPS) is 11.3. The summed E-state index contributed by atoms with van der Waals surface area (Å²) < 4.78 is 0. The molecule has 0 atom stereocenters. The number of nitrogens with one attached hydrogen (secondary N) is 1. The van der Waals surface area contributed by atoms with E-state index in [1.807, 2.05) is 48.5 Å². The van der Waals surface area contributed by atoms with Crippen LogP contribution in [0.2, 0.25) is 10.0 Å². The molecule has 0 aliphatic carbocycles. The molecule has 0 saturated heterocycles. The Hall–Kier alpha value is -2.47. The molecule has 2 aromatic heterocycles. The predicted molar refractivity (Wildman–Crippen MR) is 111 cm³/mol. The highest BCUT2D eigenvalue weighted by molar-refractivity contribution is 7.17. The van der Waals surface area contributed by atoms with E-state index in [0.29, 0.717) is 15.9 Å². The average Bonchev–Trinajstić information content (AvgIpc) is 3.09. The summed E-state index contributed by atoms with van der Waals surface area (Å²) in [6, 6.07) is 15.2. The molecule has 26 heavy (non-hydrogen) atoms. The van der Waals surface area contributed by atoms with Crippen molar-refractivity contribution in [1.29, 1.82) is 0 Å². The second-order valence-corrected chi connectivity index (χ2v) is 7.15. The standard InChI is InChI=1S/C19H12Cl2N4S/c20-14-7-5-12(6-8-14)15-10-26-19-17(15)18(22-11-23-19)25-24-9-13-3-1-2-4-16(13)21/h1-11H,(H,22,23,25). The van der Waals surface area contributed by atoms with Gasteiger partial charge in [-0.1, -0.05) is 53.5 Å². The third-order valence-electron chi connectivity index (χ3n) is 3.80. The summed E-state index contributed by atoms with van der Waals surface area (Å²) in [5.41, 5.74) is 5.93. The predicted octanol–water partition coefficient (Wildman–Crippen LogP) is 6.11. The molecule has 0 bridgehead atoms. The molecule has 0 amide bonds. The van der Waals surface area contributed by atoms with Crippen LogP contribution in [0.3, 0.4) is 0 Å². The molecule has 0 spiro atoms. The van der Waals surface area contributed by atoms with Crippen molar-refractivity contribution < 1.29 is 0 Å². The van der Waals surface area contributed by atoms with E-state index in [-0.39, 0.29) is 0 Å². The fraction of sp³-hybridized carbons (Fsp3) is 0. The molecule has 128 valence electrons. The zero-order valence-corrected chi connectivity index (χ0v) is 15.7. The fourth-order valence-corrected chi connectivity index (χ4v) is 3.77. The average molecular weight is 399 g/mol. The summed E-state index contributed by atoms with van der Waals surface area (Å²) in [7, 11) is 0. The molecule has 0 radical (unpaired) electrons. The third kappa shape index (κ3) is 3.42. The molecule has 0 aliphatic rings. The van der Waals surface area contributed by atoms with Gasteiger partial charge in [0.15, 0.2) is 5.82 Å². The lowest BCUT2D eigenvalue weighted by Gasteiger charge is -2.05. The van der Waals surface area contributed by atoms with Crippen molar-refractivity contribution >= 4 is 56.8 Å². The Bertz CT molecular complexity index is 1090. The number of anilines is 1. The first-order chi connectivity index (χ1) is 12.7. The maximum Gasteiger partial charge on any atom is 0.159 e. The van der Waals surface area contributed by atoms with E-state index in [1.54, 1.807) is 17.6 Å². The van der Waals surface area contributed by atoms with Crippen LogP contribution >= 0.6 is 34.5 Å². The quantitative estimate of drug-likeness (QED) is 0.333. The molecule has 2 heterocycles. The molecule has 2 aromatic carbocycles. The van der Waals surface area contributed by atoms with Crippen LogP contribution in [0.25, 0.3) is 21.3 Å². The summed E-state index contributed by atoms with van der Waals surface area (Å²) in [5, 5.41) is 8.62. The monoisotopic (exact) mass is 398 g/mol. The molecule has 1 N–H and O–H groups in total. The minimum atomic E-state index is 0.642. The molecule has 0 aliphatic heterocycles. The summed E-state index contributed by atoms with van der Waals surface area (Å²) in [6.45, 7) is 0. The number of rotatable bonds is 4. The van der Waals surface area contributed by atoms with E-state index in [9.17, 15) is 0 Å². The SMILES string of the molecule is Clc1ccc(-c2csc3ncnc(NN=Cc4ccccc4Cl)c23)cc1. The molecule has 0 fully saturated rings. The number of nitrogens with zero attached hydrogens (tertiary/aromatic N) is 3. The van der Waals surface area contributed by atoms with Crippen molar-refractivity contribution in [1.82, 2.24) is 9.97 Å². The van der Waals surface area contributed by atoms with Crippen LogP contribution in [0.15, 0.2) is 65.3 Å². The van der Waals surface area contributed by atoms with Gasteiger partial charge in [0.1, 0.15) is 11.2 Å². The van der Waals surface area contributed by atoms with Gasteiger partial charge in [0.25, 0.3) is 0 Å². The van der Waals surface area contributed by atoms with E-state index in [0.717, 1.165) is 26.9 Å². The minimum absolute atomic E-state index is 0.642. The molecule has 4 nitrogen and oxygen atoms in total. The van der Waals surface area contributed by atoms with Gasteiger partial charge < -0.3 is 0 Å². The number of hydrogen-bond acceptors (Lipinski definition) is 5. The van der Waals surface area contributed by atoms with Crippen LogP contribution in [0.5, 0.6) is 0 Å². The maximum absolute atomic E-state index is 6.15. The van der Waals surface area contributed by atoms with E-state index >= 15 is 0 Å². The highest BCUT2D eigenvalue weighted by atomic mass is 35.5. The highest BCUT2D eigenvalue weighted by Crippen LogP contribution is 2.36. The van der Waals surface area contributed by atoms with Gasteiger partial charge in [0, 0.05) is 26.6 Å². The van der Waals surface area contributed by atoms with Crippen LogP contribution in [0, 0.1) is 0 Å². The van der Waals surface area contributed by atoms with Gasteiger partial charge in [-0.05, 0) is 23.8 Å². The molecule has 7 heteroatoms. The van der Waals surface area contributed by atoms with Crippen molar-refractivity contribution in [3.63, 3.8) is 0 Å². The number of hydrazone groups is 1. The first-order valence-corrected chi connectivity index (χ1v) is 9.37. The maximum atomic E-state index is 6.15. The van der Waals surface area contributed by atoms with E-state index < -0.39 is 0 Å². The van der Waals surface area contributed by atoms with Gasteiger partial charge in [-0.25, -0.2) is 9.97 Å². The summed E-state index contributed by atoms with van der Waals surface area (Å²) in [4.78, 5) is 9.59. The fourth-order valence-electron chi connectivity index (χ4n) is 2.54. The van der Waals surface area contributed by atoms with Crippen LogP contribution in [-0.4, -0.2) is 16.2 Å². The topological polar surface area (TPSA) is 50.2 Å². The van der Waals surface area contributed by atoms with Gasteiger partial charge in [0.2, 0.25) is 0 Å². The third-order valence-corrected chi connectivity index (χ3v) is 5.29. The van der Waals surface area contributed by atoms with Crippen LogP contribution in [-0.2, 0) is 0 Å². The van der Waals surface area contributed by atoms with Crippen LogP contribution < -0.4 is 5.43 Å². The lowest BCUT2D eigenvalue weighted by molar-refractivity contribution is 1.19. The summed E-state index contributed by atoms with van der Waals surface area (Å²) in [5.74, 6) is 0.643. The zero-order valence-electron chi connectivity index (χ0n) is 13.4. The Balaban J connectivity index is 1.70. The van der Waals surface area contributed by atoms with Gasteiger partial charge >= 0.3 is 0 Å². The van der Waals surface area contributed by atoms with Gasteiger partial charge in [-0.2, -0.15) is 5.10 Å². The van der Waals surface area contributed by atoms with Crippen LogP contribution in [0.1, 0.15) is 5.56 Å². The first kappa shape index (κ1) is 17.0. The molecule has 0 saturated carbocycles. The van der Waals surface area contributed by atoms with Crippen molar-refractivity contribution in [2.75, 3.05) is 5.43 Å². The van der Waals surface area contributed by atoms with Crippen molar-refractivity contribution in [2.24, 2.45) is 5.10 Å². The molecule has 4 rings (SSSR count). The van der Waals surface area contributed by atoms with Gasteiger partial charge in [-0.15, -0.1) is 11.3 Å². The molecular formula is C19H12Cl2N4S. The largest absolute Gasteiger partial charge is 0.261 e. The van der Waals surface area contributed by atoms with Crippen molar-refractivity contribution in [2.45, 2.75) is 0 Å². The van der Waals surface area contributed by atoms with Crippen molar-refractivity contribution in [3.05, 3.63) is 75.8 Å². The molecular weight excluding hydrogens is 387 g/mol. The lowest BCUT2D eigenvalue weighted by atomic mass is 10.1. The minimum Gasteiger partial charge on any atom is -0.261 e. The Morgan fingerprint density at radius 2 is 1.81 bits per heavy atom. The number of fused-ring (bicyclic) bond motifs is 1. The molecule has 4 aromatic rings. The number of benzene rings is 2.